The van der Waals surface area contributed by atoms with Gasteiger partial charge in [0.05, 0.1) is 9.85 Å². The van der Waals surface area contributed by atoms with Crippen LogP contribution >= 0.6 is 0 Å². The monoisotopic (exact) mass is 498 g/mol. The van der Waals surface area contributed by atoms with Gasteiger partial charge in [-0.25, -0.2) is 0 Å². The average molecular weight is 499 g/mol. The number of rotatable bonds is 8. The molecule has 0 aromatic heterocycles. The Balaban J connectivity index is 1.63. The summed E-state index contributed by atoms with van der Waals surface area (Å²) in [6, 6.07) is 8.52. The molecule has 2 atom stereocenters. The maximum absolute atomic E-state index is 13.2. The maximum Gasteiger partial charge on any atom is 0.293 e. The van der Waals surface area contributed by atoms with E-state index in [9.17, 15) is 35.2 Å². The zero-order valence-corrected chi connectivity index (χ0v) is 19.9. The minimum absolute atomic E-state index is 0.00767. The van der Waals surface area contributed by atoms with Gasteiger partial charge in [0.25, 0.3) is 11.4 Å². The molecule has 2 aromatic carbocycles. The van der Waals surface area contributed by atoms with Crippen LogP contribution in [0.1, 0.15) is 41.6 Å². The largest absolute Gasteiger partial charge is 0.396 e. The zero-order chi connectivity index (χ0) is 25.8. The number of ketones is 1. The molecule has 2 unspecified atom stereocenters. The van der Waals surface area contributed by atoms with Crippen LogP contribution in [0.4, 0.5) is 22.7 Å². The predicted octanol–water partition coefficient (Wildman–Crippen LogP) is 3.15. The minimum Gasteiger partial charge on any atom is -0.396 e. The molecule has 0 bridgehead atoms. The second-order valence-corrected chi connectivity index (χ2v) is 9.52. The Kier molecular flexibility index (Phi) is 7.80. The van der Waals surface area contributed by atoms with Crippen molar-refractivity contribution in [3.8, 4) is 0 Å². The molecular formula is C25H30N4O7. The summed E-state index contributed by atoms with van der Waals surface area (Å²) in [4.78, 5) is 39.6. The molecule has 2 aliphatic heterocycles. The molecule has 2 N–H and O–H groups in total. The molecule has 0 amide bonds. The number of piperidine rings is 2. The Labute approximate surface area is 208 Å². The van der Waals surface area contributed by atoms with Gasteiger partial charge in [0.2, 0.25) is 0 Å². The van der Waals surface area contributed by atoms with E-state index in [2.05, 4.69) is 0 Å². The Hall–Kier alpha value is -3.57. The summed E-state index contributed by atoms with van der Waals surface area (Å²) in [5.41, 5.74) is 0.491. The number of hydrogen-bond acceptors (Lipinski definition) is 9. The van der Waals surface area contributed by atoms with Crippen LogP contribution < -0.4 is 9.80 Å². The first-order valence-electron chi connectivity index (χ1n) is 12.2. The van der Waals surface area contributed by atoms with Gasteiger partial charge in [-0.05, 0) is 61.8 Å². The number of benzene rings is 2. The quantitative estimate of drug-likeness (QED) is 0.318. The highest BCUT2D eigenvalue weighted by molar-refractivity contribution is 6.10. The molecule has 36 heavy (non-hydrogen) atoms. The molecule has 0 spiro atoms. The first-order valence-corrected chi connectivity index (χ1v) is 12.2. The van der Waals surface area contributed by atoms with Gasteiger partial charge < -0.3 is 20.0 Å². The van der Waals surface area contributed by atoms with E-state index < -0.39 is 15.6 Å². The van der Waals surface area contributed by atoms with Crippen molar-refractivity contribution in [2.45, 2.75) is 25.7 Å². The molecule has 0 aliphatic carbocycles. The third kappa shape index (κ3) is 5.31. The molecule has 2 saturated heterocycles. The highest BCUT2D eigenvalue weighted by Gasteiger charge is 2.29. The SMILES string of the molecule is O=C(c1ccc(N2CCCC(CO)C2)c([N+](=O)[O-])c1)c1ccc(N2CCCC(CO)C2)c([N+](=O)[O-])c1. The summed E-state index contributed by atoms with van der Waals surface area (Å²) in [6.45, 7) is 2.23. The fourth-order valence-electron chi connectivity index (χ4n) is 5.19. The van der Waals surface area contributed by atoms with Gasteiger partial charge in [0.1, 0.15) is 11.4 Å². The number of carbonyl (C=O) groups is 1. The molecule has 4 rings (SSSR count). The molecule has 0 saturated carbocycles. The number of hydrogen-bond donors (Lipinski definition) is 2. The molecule has 2 aromatic rings. The second-order valence-electron chi connectivity index (χ2n) is 9.52. The molecule has 2 heterocycles. The topological polar surface area (TPSA) is 150 Å². The molecule has 2 fully saturated rings. The Morgan fingerprint density at radius 1 is 0.806 bits per heavy atom. The number of aliphatic hydroxyl groups is 2. The fraction of sp³-hybridized carbons (Fsp3) is 0.480. The fourth-order valence-corrected chi connectivity index (χ4v) is 5.19. The van der Waals surface area contributed by atoms with E-state index in [1.807, 2.05) is 9.80 Å². The van der Waals surface area contributed by atoms with E-state index in [1.54, 1.807) is 0 Å². The van der Waals surface area contributed by atoms with Crippen LogP contribution in [-0.4, -0.2) is 65.2 Å². The molecular weight excluding hydrogens is 468 g/mol. The summed E-state index contributed by atoms with van der Waals surface area (Å²) in [5.74, 6) is -0.476. The van der Waals surface area contributed by atoms with Crippen LogP contribution in [-0.2, 0) is 0 Å². The highest BCUT2D eigenvalue weighted by atomic mass is 16.6. The van der Waals surface area contributed by atoms with Crippen molar-refractivity contribution in [1.29, 1.82) is 0 Å². The van der Waals surface area contributed by atoms with Gasteiger partial charge in [-0.15, -0.1) is 0 Å². The van der Waals surface area contributed by atoms with Gasteiger partial charge in [0.15, 0.2) is 5.78 Å². The van der Waals surface area contributed by atoms with Crippen molar-refractivity contribution in [2.24, 2.45) is 11.8 Å². The molecule has 11 heteroatoms. The number of nitro groups is 2. The van der Waals surface area contributed by atoms with Crippen LogP contribution in [0.5, 0.6) is 0 Å². The van der Waals surface area contributed by atoms with Crippen molar-refractivity contribution in [1.82, 2.24) is 0 Å². The standard InChI is InChI=1S/C25H30N4O7/c30-15-17-3-1-9-26(13-17)21-7-5-19(11-23(21)28(33)34)25(32)20-6-8-22(24(12-20)29(35)36)27-10-2-4-18(14-27)16-31/h5-8,11-12,17-18,30-31H,1-4,9-10,13-16H2. The second kappa shape index (κ2) is 11.0. The van der Waals surface area contributed by atoms with Gasteiger partial charge in [-0.1, -0.05) is 0 Å². The van der Waals surface area contributed by atoms with Crippen LogP contribution in [0, 0.1) is 32.1 Å². The summed E-state index contributed by atoms with van der Waals surface area (Å²) >= 11 is 0. The van der Waals surface area contributed by atoms with Crippen LogP contribution in [0.25, 0.3) is 0 Å². The number of carbonyl (C=O) groups excluding carboxylic acids is 1. The summed E-state index contributed by atoms with van der Waals surface area (Å²) in [6.07, 6.45) is 3.30. The Bertz CT molecular complexity index is 1070. The molecule has 192 valence electrons. The van der Waals surface area contributed by atoms with E-state index in [4.69, 9.17) is 0 Å². The van der Waals surface area contributed by atoms with Crippen molar-refractivity contribution in [3.05, 3.63) is 67.8 Å². The third-order valence-electron chi connectivity index (χ3n) is 7.10. The van der Waals surface area contributed by atoms with E-state index in [0.29, 0.717) is 37.6 Å². The summed E-state index contributed by atoms with van der Waals surface area (Å²) < 4.78 is 0. The lowest BCUT2D eigenvalue weighted by Crippen LogP contribution is -2.37. The molecule has 0 radical (unpaired) electrons. The van der Waals surface area contributed by atoms with E-state index >= 15 is 0 Å². The van der Waals surface area contributed by atoms with Crippen molar-refractivity contribution >= 4 is 28.5 Å². The average Bonchev–Trinajstić information content (AvgIpc) is 2.91. The van der Waals surface area contributed by atoms with Crippen molar-refractivity contribution < 1.29 is 24.9 Å². The highest BCUT2D eigenvalue weighted by Crippen LogP contribution is 2.35. The zero-order valence-electron chi connectivity index (χ0n) is 19.9. The summed E-state index contributed by atoms with van der Waals surface area (Å²) in [5, 5.41) is 42.7. The number of nitro benzene ring substituents is 2. The lowest BCUT2D eigenvalue weighted by atomic mass is 9.96. The van der Waals surface area contributed by atoms with E-state index in [0.717, 1.165) is 25.7 Å². The van der Waals surface area contributed by atoms with Crippen LogP contribution in [0.2, 0.25) is 0 Å². The summed E-state index contributed by atoms with van der Waals surface area (Å²) in [7, 11) is 0. The third-order valence-corrected chi connectivity index (χ3v) is 7.10. The Morgan fingerprint density at radius 2 is 1.22 bits per heavy atom. The smallest absolute Gasteiger partial charge is 0.293 e. The van der Waals surface area contributed by atoms with Crippen molar-refractivity contribution in [3.63, 3.8) is 0 Å². The van der Waals surface area contributed by atoms with Crippen LogP contribution in [0.3, 0.4) is 0 Å². The number of anilines is 2. The number of nitrogens with zero attached hydrogens (tertiary/aromatic N) is 4. The van der Waals surface area contributed by atoms with E-state index in [-0.39, 0.29) is 47.6 Å². The van der Waals surface area contributed by atoms with Crippen LogP contribution in [0.15, 0.2) is 36.4 Å². The predicted molar refractivity (Wildman–Crippen MR) is 134 cm³/mol. The maximum atomic E-state index is 13.2. The lowest BCUT2D eigenvalue weighted by Gasteiger charge is -2.33. The first-order chi connectivity index (χ1) is 17.3. The number of aliphatic hydroxyl groups excluding tert-OH is 2. The molecule has 11 nitrogen and oxygen atoms in total. The Morgan fingerprint density at radius 3 is 1.58 bits per heavy atom. The lowest BCUT2D eigenvalue weighted by molar-refractivity contribution is -0.384. The van der Waals surface area contributed by atoms with Gasteiger partial charge >= 0.3 is 0 Å². The van der Waals surface area contributed by atoms with Crippen molar-refractivity contribution in [2.75, 3.05) is 49.2 Å². The molecule has 2 aliphatic rings. The van der Waals surface area contributed by atoms with E-state index in [1.165, 1.54) is 36.4 Å². The minimum atomic E-state index is -0.543. The van der Waals surface area contributed by atoms with Gasteiger partial charge in [0, 0.05) is 62.7 Å². The first kappa shape index (κ1) is 25.5. The normalized spacial score (nSPS) is 20.3. The van der Waals surface area contributed by atoms with Gasteiger partial charge in [-0.3, -0.25) is 25.0 Å². The van der Waals surface area contributed by atoms with Gasteiger partial charge in [-0.2, -0.15) is 0 Å².